The van der Waals surface area contributed by atoms with Crippen LogP contribution in [0, 0.1) is 0 Å². The molecule has 3 aromatic heterocycles. The Kier molecular flexibility index (Phi) is 4.73. The largest absolute Gasteiger partial charge is 0.334 e. The van der Waals surface area contributed by atoms with Gasteiger partial charge in [-0.3, -0.25) is 4.79 Å². The van der Waals surface area contributed by atoms with Crippen molar-refractivity contribution in [1.82, 2.24) is 14.7 Å². The summed E-state index contributed by atoms with van der Waals surface area (Å²) in [4.78, 5) is 17.7. The van der Waals surface area contributed by atoms with Crippen molar-refractivity contribution in [3.8, 4) is 22.2 Å². The molecule has 3 heterocycles. The Bertz CT molecular complexity index is 1130. The molecule has 1 aromatic carbocycles. The van der Waals surface area contributed by atoms with Gasteiger partial charge in [0.2, 0.25) is 5.82 Å². The van der Waals surface area contributed by atoms with Crippen molar-refractivity contribution >= 4 is 11.3 Å². The molecule has 4 aromatic rings. The third-order valence-corrected chi connectivity index (χ3v) is 5.44. The molecule has 0 atom stereocenters. The lowest BCUT2D eigenvalue weighted by molar-refractivity contribution is 0.432. The van der Waals surface area contributed by atoms with Crippen LogP contribution in [0.3, 0.4) is 0 Å². The molecule has 142 valence electrons. The Labute approximate surface area is 167 Å². The molecule has 0 radical (unpaired) electrons. The summed E-state index contributed by atoms with van der Waals surface area (Å²) >= 11 is 1.55. The first-order valence-electron chi connectivity index (χ1n) is 9.08. The van der Waals surface area contributed by atoms with Crippen molar-refractivity contribution in [2.24, 2.45) is 0 Å². The third kappa shape index (κ3) is 3.82. The van der Waals surface area contributed by atoms with Gasteiger partial charge in [0.05, 0.1) is 17.0 Å². The molecule has 0 fully saturated rings. The summed E-state index contributed by atoms with van der Waals surface area (Å²) in [7, 11) is 0. The monoisotopic (exact) mass is 391 g/mol. The molecule has 0 aliphatic carbocycles. The second kappa shape index (κ2) is 7.20. The van der Waals surface area contributed by atoms with Crippen molar-refractivity contribution in [3.63, 3.8) is 0 Å². The van der Waals surface area contributed by atoms with Crippen molar-refractivity contribution < 1.29 is 4.52 Å². The van der Waals surface area contributed by atoms with E-state index in [1.807, 2.05) is 17.5 Å². The molecule has 28 heavy (non-hydrogen) atoms. The maximum Gasteiger partial charge on any atom is 0.259 e. The minimum atomic E-state index is -0.0679. The van der Waals surface area contributed by atoms with E-state index in [0.29, 0.717) is 18.3 Å². The summed E-state index contributed by atoms with van der Waals surface area (Å²) < 4.78 is 7.07. The lowest BCUT2D eigenvalue weighted by Gasteiger charge is -2.19. The van der Waals surface area contributed by atoms with Gasteiger partial charge >= 0.3 is 0 Å². The molecule has 0 saturated carbocycles. The Hall–Kier alpha value is -2.99. The van der Waals surface area contributed by atoms with Gasteiger partial charge < -0.3 is 9.09 Å². The van der Waals surface area contributed by atoms with E-state index in [9.17, 15) is 4.79 Å². The first kappa shape index (κ1) is 18.4. The zero-order chi connectivity index (χ0) is 19.7. The van der Waals surface area contributed by atoms with Crippen LogP contribution in [0.25, 0.3) is 22.2 Å². The number of aromatic nitrogens is 3. The van der Waals surface area contributed by atoms with Gasteiger partial charge in [-0.15, -0.1) is 11.3 Å². The zero-order valence-electron chi connectivity index (χ0n) is 16.0. The lowest BCUT2D eigenvalue weighted by Crippen LogP contribution is -2.19. The van der Waals surface area contributed by atoms with Crippen LogP contribution in [0.15, 0.2) is 69.4 Å². The first-order valence-corrected chi connectivity index (χ1v) is 9.96. The Morgan fingerprint density at radius 2 is 1.86 bits per heavy atom. The van der Waals surface area contributed by atoms with Crippen LogP contribution in [0.5, 0.6) is 0 Å². The maximum absolute atomic E-state index is 12.3. The fourth-order valence-corrected chi connectivity index (χ4v) is 3.58. The fourth-order valence-electron chi connectivity index (χ4n) is 2.93. The van der Waals surface area contributed by atoms with Gasteiger partial charge in [-0.1, -0.05) is 56.3 Å². The van der Waals surface area contributed by atoms with E-state index >= 15 is 0 Å². The molecule has 0 aliphatic heterocycles. The van der Waals surface area contributed by atoms with Crippen LogP contribution in [-0.4, -0.2) is 14.7 Å². The van der Waals surface area contributed by atoms with Gasteiger partial charge in [0.25, 0.3) is 11.4 Å². The van der Waals surface area contributed by atoms with Crippen molar-refractivity contribution in [2.45, 2.75) is 32.7 Å². The Morgan fingerprint density at radius 3 is 2.54 bits per heavy atom. The van der Waals surface area contributed by atoms with Gasteiger partial charge in [0, 0.05) is 12.3 Å². The second-order valence-electron chi connectivity index (χ2n) is 7.73. The maximum atomic E-state index is 12.3. The quantitative estimate of drug-likeness (QED) is 0.493. The van der Waals surface area contributed by atoms with E-state index in [-0.39, 0.29) is 11.0 Å². The molecule has 0 amide bonds. The molecule has 0 unspecified atom stereocenters. The highest BCUT2D eigenvalue weighted by atomic mass is 32.1. The highest BCUT2D eigenvalue weighted by Crippen LogP contribution is 2.25. The Morgan fingerprint density at radius 1 is 1.07 bits per heavy atom. The lowest BCUT2D eigenvalue weighted by atomic mass is 9.87. The predicted octanol–water partition coefficient (Wildman–Crippen LogP) is 4.97. The van der Waals surface area contributed by atoms with Gasteiger partial charge in [-0.05, 0) is 34.1 Å². The number of thiophene rings is 1. The minimum Gasteiger partial charge on any atom is -0.334 e. The van der Waals surface area contributed by atoms with E-state index < -0.39 is 0 Å². The molecule has 4 rings (SSSR count). The molecule has 6 heteroatoms. The second-order valence-corrected chi connectivity index (χ2v) is 8.68. The van der Waals surface area contributed by atoms with Crippen LogP contribution >= 0.6 is 11.3 Å². The summed E-state index contributed by atoms with van der Waals surface area (Å²) in [6, 6.07) is 15.5. The van der Waals surface area contributed by atoms with Gasteiger partial charge in [0.1, 0.15) is 0 Å². The smallest absolute Gasteiger partial charge is 0.259 e. The molecule has 0 saturated heterocycles. The molecule has 0 bridgehead atoms. The van der Waals surface area contributed by atoms with E-state index in [4.69, 9.17) is 4.52 Å². The number of hydrogen-bond donors (Lipinski definition) is 0. The van der Waals surface area contributed by atoms with E-state index in [1.165, 1.54) is 11.6 Å². The topological polar surface area (TPSA) is 60.9 Å². The summed E-state index contributed by atoms with van der Waals surface area (Å²) in [5.41, 5.74) is 3.09. The number of hydrogen-bond acceptors (Lipinski definition) is 5. The summed E-state index contributed by atoms with van der Waals surface area (Å²) in [6.45, 7) is 7.05. The van der Waals surface area contributed by atoms with E-state index in [0.717, 1.165) is 16.0 Å². The summed E-state index contributed by atoms with van der Waals surface area (Å²) in [5, 5.41) is 6.01. The molecule has 0 N–H and O–H groups in total. The van der Waals surface area contributed by atoms with E-state index in [2.05, 4.69) is 55.2 Å². The number of pyridine rings is 1. The summed E-state index contributed by atoms with van der Waals surface area (Å²) in [6.07, 6.45) is 1.77. The van der Waals surface area contributed by atoms with E-state index in [1.54, 1.807) is 28.2 Å². The average molecular weight is 391 g/mol. The Balaban J connectivity index is 1.60. The number of nitrogens with zero attached hydrogens (tertiary/aromatic N) is 3. The normalized spacial score (nSPS) is 11.7. The van der Waals surface area contributed by atoms with Crippen LogP contribution < -0.4 is 5.56 Å². The molecule has 0 spiro atoms. The molecule has 5 nitrogen and oxygen atoms in total. The summed E-state index contributed by atoms with van der Waals surface area (Å²) in [5.74, 6) is 0.959. The third-order valence-electron chi connectivity index (χ3n) is 4.57. The zero-order valence-corrected chi connectivity index (χ0v) is 16.9. The fraction of sp³-hybridized carbons (Fsp3) is 0.227. The highest BCUT2D eigenvalue weighted by molar-refractivity contribution is 7.13. The minimum absolute atomic E-state index is 0.0679. The first-order chi connectivity index (χ1) is 13.4. The van der Waals surface area contributed by atoms with Crippen LogP contribution in [0.1, 0.15) is 31.9 Å². The van der Waals surface area contributed by atoms with Crippen LogP contribution in [-0.2, 0) is 12.0 Å². The van der Waals surface area contributed by atoms with Crippen molar-refractivity contribution in [2.75, 3.05) is 0 Å². The van der Waals surface area contributed by atoms with Crippen molar-refractivity contribution in [3.05, 3.63) is 81.6 Å². The standard InChI is InChI=1S/C22H21N3O2S/c1-22(2,3)17-9-6-15(7-10-17)13-25-14-16(8-11-19(25)26)21-23-20(24-27-21)18-5-4-12-28-18/h4-12,14H,13H2,1-3H3. The van der Waals surface area contributed by atoms with Gasteiger partial charge in [0.15, 0.2) is 0 Å². The highest BCUT2D eigenvalue weighted by Gasteiger charge is 2.14. The predicted molar refractivity (Wildman–Crippen MR) is 112 cm³/mol. The van der Waals surface area contributed by atoms with Crippen LogP contribution in [0.2, 0.25) is 0 Å². The number of benzene rings is 1. The molecular weight excluding hydrogens is 370 g/mol. The van der Waals surface area contributed by atoms with Crippen molar-refractivity contribution in [1.29, 1.82) is 0 Å². The van der Waals surface area contributed by atoms with Gasteiger partial charge in [-0.2, -0.15) is 4.98 Å². The molecular formula is C22H21N3O2S. The average Bonchev–Trinajstić information content (AvgIpc) is 3.35. The number of rotatable bonds is 4. The van der Waals surface area contributed by atoms with Gasteiger partial charge in [-0.25, -0.2) is 0 Å². The SMILES string of the molecule is CC(C)(C)c1ccc(Cn2cc(-c3nc(-c4cccs4)no3)ccc2=O)cc1. The molecule has 0 aliphatic rings. The van der Waals surface area contributed by atoms with Crippen LogP contribution in [0.4, 0.5) is 0 Å².